The summed E-state index contributed by atoms with van der Waals surface area (Å²) < 4.78 is 25.6. The molecule has 4 heteroatoms. The topological polar surface area (TPSA) is 54.4 Å². The quantitative estimate of drug-likeness (QED) is 0.943. The van der Waals surface area contributed by atoms with E-state index in [0.29, 0.717) is 4.90 Å². The Morgan fingerprint density at radius 3 is 1.91 bits per heavy atom. The van der Waals surface area contributed by atoms with E-state index >= 15 is 0 Å². The first-order chi connectivity index (χ1) is 10.4. The van der Waals surface area contributed by atoms with Crippen molar-refractivity contribution in [3.05, 3.63) is 65.2 Å². The monoisotopic (exact) mass is 316 g/mol. The van der Waals surface area contributed by atoms with Gasteiger partial charge >= 0.3 is 0 Å². The van der Waals surface area contributed by atoms with Crippen LogP contribution in [0, 0.1) is 19.8 Å². The lowest BCUT2D eigenvalue weighted by Gasteiger charge is -2.05. The summed E-state index contributed by atoms with van der Waals surface area (Å²) in [5, 5.41) is 9.03. The zero-order chi connectivity index (χ0) is 15.9. The molecule has 22 heavy (non-hydrogen) atoms. The van der Waals surface area contributed by atoms with Crippen molar-refractivity contribution in [3.8, 4) is 0 Å². The normalized spacial score (nSPS) is 24.2. The zero-order valence-electron chi connectivity index (χ0n) is 12.7. The van der Waals surface area contributed by atoms with E-state index in [1.807, 2.05) is 50.2 Å². The summed E-state index contributed by atoms with van der Waals surface area (Å²) in [6.45, 7) is 3.83. The Morgan fingerprint density at radius 1 is 0.909 bits per heavy atom. The molecular formula is C18H20O3S. The molecule has 0 aromatic heterocycles. The minimum absolute atomic E-state index is 0.103. The molecule has 0 amide bonds. The minimum Gasteiger partial charge on any atom is -0.396 e. The van der Waals surface area contributed by atoms with E-state index in [1.54, 1.807) is 12.1 Å². The third kappa shape index (κ3) is 2.57. The summed E-state index contributed by atoms with van der Waals surface area (Å²) in [6.07, 6.45) is 0. The van der Waals surface area contributed by atoms with Crippen LogP contribution in [0.4, 0.5) is 0 Å². The molecule has 1 fully saturated rings. The minimum atomic E-state index is -3.41. The summed E-state index contributed by atoms with van der Waals surface area (Å²) in [5.41, 5.74) is 3.16. The Morgan fingerprint density at radius 2 is 1.41 bits per heavy atom. The van der Waals surface area contributed by atoms with Crippen LogP contribution in [0.2, 0.25) is 0 Å². The molecule has 116 valence electrons. The van der Waals surface area contributed by atoms with E-state index in [0.717, 1.165) is 16.7 Å². The number of aryl methyl sites for hydroxylation is 2. The van der Waals surface area contributed by atoms with Crippen LogP contribution >= 0.6 is 0 Å². The molecule has 1 N–H and O–H groups in total. The number of benzene rings is 2. The molecule has 0 saturated heterocycles. The van der Waals surface area contributed by atoms with Crippen LogP contribution in [-0.2, 0) is 9.84 Å². The van der Waals surface area contributed by atoms with Crippen LogP contribution < -0.4 is 0 Å². The molecule has 0 aliphatic heterocycles. The molecule has 3 atom stereocenters. The molecule has 0 radical (unpaired) electrons. The number of hydrogen-bond donors (Lipinski definition) is 1. The number of hydrogen-bond acceptors (Lipinski definition) is 3. The number of aliphatic hydroxyl groups is 1. The Bertz CT molecular complexity index is 761. The van der Waals surface area contributed by atoms with Crippen molar-refractivity contribution in [1.29, 1.82) is 0 Å². The molecule has 0 bridgehead atoms. The van der Waals surface area contributed by atoms with E-state index in [4.69, 9.17) is 0 Å². The van der Waals surface area contributed by atoms with Crippen LogP contribution in [0.25, 0.3) is 0 Å². The van der Waals surface area contributed by atoms with Gasteiger partial charge in [-0.3, -0.25) is 0 Å². The average molecular weight is 316 g/mol. The highest BCUT2D eigenvalue weighted by molar-refractivity contribution is 7.92. The van der Waals surface area contributed by atoms with E-state index in [9.17, 15) is 13.5 Å². The van der Waals surface area contributed by atoms with Gasteiger partial charge in [-0.15, -0.1) is 0 Å². The molecule has 0 unspecified atom stereocenters. The van der Waals surface area contributed by atoms with Gasteiger partial charge in [0.15, 0.2) is 9.84 Å². The summed E-state index contributed by atoms with van der Waals surface area (Å²) in [7, 11) is -3.41. The molecule has 2 aromatic rings. The summed E-state index contributed by atoms with van der Waals surface area (Å²) in [6, 6.07) is 14.8. The summed E-state index contributed by atoms with van der Waals surface area (Å²) >= 11 is 0. The predicted octanol–water partition coefficient (Wildman–Crippen LogP) is 2.85. The van der Waals surface area contributed by atoms with Crippen molar-refractivity contribution in [2.45, 2.75) is 29.9 Å². The van der Waals surface area contributed by atoms with Gasteiger partial charge < -0.3 is 5.11 Å². The molecule has 1 saturated carbocycles. The molecule has 0 spiro atoms. The molecule has 3 nitrogen and oxygen atoms in total. The van der Waals surface area contributed by atoms with Crippen molar-refractivity contribution in [2.75, 3.05) is 6.61 Å². The fourth-order valence-corrected chi connectivity index (χ4v) is 5.29. The van der Waals surface area contributed by atoms with Crippen LogP contribution in [0.5, 0.6) is 0 Å². The second-order valence-corrected chi connectivity index (χ2v) is 8.21. The smallest absolute Gasteiger partial charge is 0.182 e. The Hall–Kier alpha value is -1.65. The van der Waals surface area contributed by atoms with Gasteiger partial charge in [0, 0.05) is 18.4 Å². The maximum Gasteiger partial charge on any atom is 0.182 e. The van der Waals surface area contributed by atoms with Crippen molar-refractivity contribution in [1.82, 2.24) is 0 Å². The highest BCUT2D eigenvalue weighted by atomic mass is 32.2. The lowest BCUT2D eigenvalue weighted by atomic mass is 10.1. The lowest BCUT2D eigenvalue weighted by Crippen LogP contribution is -2.11. The van der Waals surface area contributed by atoms with Gasteiger partial charge in [-0.25, -0.2) is 8.42 Å². The number of aliphatic hydroxyl groups excluding tert-OH is 1. The van der Waals surface area contributed by atoms with Gasteiger partial charge in [0.05, 0.1) is 10.1 Å². The fraction of sp³-hybridized carbons (Fsp3) is 0.333. The van der Waals surface area contributed by atoms with E-state index in [-0.39, 0.29) is 18.4 Å². The third-order valence-electron chi connectivity index (χ3n) is 4.48. The van der Waals surface area contributed by atoms with Crippen LogP contribution in [0.1, 0.15) is 22.6 Å². The fourth-order valence-electron chi connectivity index (χ4n) is 3.09. The molecule has 2 aromatic carbocycles. The van der Waals surface area contributed by atoms with Gasteiger partial charge in [-0.05, 0) is 31.5 Å². The first kappa shape index (κ1) is 15.3. The first-order valence-electron chi connectivity index (χ1n) is 7.43. The second-order valence-electron chi connectivity index (χ2n) is 6.11. The SMILES string of the molecule is Cc1ccc([C@H]2[C@H](CO)[C@@H]2S(=O)(=O)c2ccc(C)cc2)cc1. The van der Waals surface area contributed by atoms with Crippen molar-refractivity contribution >= 4 is 9.84 Å². The zero-order valence-corrected chi connectivity index (χ0v) is 13.5. The van der Waals surface area contributed by atoms with Crippen molar-refractivity contribution in [3.63, 3.8) is 0 Å². The van der Waals surface area contributed by atoms with Crippen molar-refractivity contribution in [2.24, 2.45) is 5.92 Å². The first-order valence-corrected chi connectivity index (χ1v) is 8.98. The molecular weight excluding hydrogens is 296 g/mol. The van der Waals surface area contributed by atoms with Gasteiger partial charge in [-0.2, -0.15) is 0 Å². The predicted molar refractivity (Wildman–Crippen MR) is 86.6 cm³/mol. The van der Waals surface area contributed by atoms with Gasteiger partial charge in [0.1, 0.15) is 0 Å². The van der Waals surface area contributed by atoms with Crippen LogP contribution in [0.15, 0.2) is 53.4 Å². The Kier molecular flexibility index (Phi) is 3.83. The molecule has 0 heterocycles. The van der Waals surface area contributed by atoms with Gasteiger partial charge in [-0.1, -0.05) is 47.5 Å². The molecule has 3 rings (SSSR count). The Labute approximate surface area is 131 Å². The maximum absolute atomic E-state index is 12.8. The van der Waals surface area contributed by atoms with Gasteiger partial charge in [0.2, 0.25) is 0 Å². The van der Waals surface area contributed by atoms with Crippen LogP contribution in [-0.4, -0.2) is 25.4 Å². The van der Waals surface area contributed by atoms with Crippen LogP contribution in [0.3, 0.4) is 0 Å². The lowest BCUT2D eigenvalue weighted by molar-refractivity contribution is 0.274. The average Bonchev–Trinajstić information content (AvgIpc) is 3.24. The largest absolute Gasteiger partial charge is 0.396 e. The van der Waals surface area contributed by atoms with Gasteiger partial charge in [0.25, 0.3) is 0 Å². The van der Waals surface area contributed by atoms with E-state index in [1.165, 1.54) is 0 Å². The summed E-state index contributed by atoms with van der Waals surface area (Å²) in [5.74, 6) is -0.328. The van der Waals surface area contributed by atoms with E-state index in [2.05, 4.69) is 0 Å². The van der Waals surface area contributed by atoms with Crippen molar-refractivity contribution < 1.29 is 13.5 Å². The maximum atomic E-state index is 12.8. The summed E-state index contributed by atoms with van der Waals surface area (Å²) in [4.78, 5) is 0.344. The van der Waals surface area contributed by atoms with E-state index < -0.39 is 15.1 Å². The molecule has 1 aliphatic rings. The Balaban J connectivity index is 1.93. The highest BCUT2D eigenvalue weighted by Gasteiger charge is 2.58. The highest BCUT2D eigenvalue weighted by Crippen LogP contribution is 2.53. The standard InChI is InChI=1S/C18H20O3S/c1-12-3-7-14(8-4-12)17-16(11-19)18(17)22(20,21)15-9-5-13(2)6-10-15/h3-10,16-19H,11H2,1-2H3/t16-,17-,18-/m0/s1. The number of sulfone groups is 1. The number of rotatable bonds is 4. The molecule has 1 aliphatic carbocycles. The third-order valence-corrected chi connectivity index (χ3v) is 6.77. The second kappa shape index (κ2) is 5.52.